The first-order chi connectivity index (χ1) is 12.6. The average molecular weight is 345 g/mol. The van der Waals surface area contributed by atoms with Crippen LogP contribution in [0.1, 0.15) is 10.4 Å². The zero-order valence-electron chi connectivity index (χ0n) is 14.1. The van der Waals surface area contributed by atoms with Crippen LogP contribution in [0.25, 0.3) is 27.9 Å². The zero-order valence-corrected chi connectivity index (χ0v) is 14.1. The number of benzene rings is 2. The molecule has 0 atom stereocenters. The topological polar surface area (TPSA) is 46.4 Å². The molecule has 0 unspecified atom stereocenters. The van der Waals surface area contributed by atoms with E-state index in [1.54, 1.807) is 29.8 Å². The number of rotatable bonds is 3. The highest BCUT2D eigenvalue weighted by Gasteiger charge is 2.08. The Labute approximate surface area is 149 Å². The molecule has 0 saturated carbocycles. The number of hydrogen-bond donors (Lipinski definition) is 1. The minimum atomic E-state index is -0.268. The molecule has 0 fully saturated rings. The van der Waals surface area contributed by atoms with Gasteiger partial charge < -0.3 is 5.32 Å². The minimum absolute atomic E-state index is 0.115. The molecule has 1 amide bonds. The van der Waals surface area contributed by atoms with Crippen molar-refractivity contribution >= 4 is 11.4 Å². The normalized spacial score (nSPS) is 10.8. The van der Waals surface area contributed by atoms with Crippen molar-refractivity contribution in [3.8, 4) is 22.4 Å². The second kappa shape index (κ2) is 6.44. The van der Waals surface area contributed by atoms with Gasteiger partial charge >= 0.3 is 0 Å². The SMILES string of the molecule is CNC(=O)c1cccc(-c2ccn3nc(-c4ccc(F)cc4)cc3c2)c1. The highest BCUT2D eigenvalue weighted by atomic mass is 19.1. The summed E-state index contributed by atoms with van der Waals surface area (Å²) in [6.45, 7) is 0. The van der Waals surface area contributed by atoms with Crippen molar-refractivity contribution in [2.24, 2.45) is 0 Å². The molecular formula is C21H16FN3O. The van der Waals surface area contributed by atoms with Gasteiger partial charge in [-0.25, -0.2) is 8.91 Å². The fraction of sp³-hybridized carbons (Fsp3) is 0.0476. The third kappa shape index (κ3) is 2.95. The number of nitrogens with one attached hydrogen (secondary N) is 1. The van der Waals surface area contributed by atoms with Crippen LogP contribution in [0.5, 0.6) is 0 Å². The van der Waals surface area contributed by atoms with Crippen LogP contribution < -0.4 is 5.32 Å². The highest BCUT2D eigenvalue weighted by Crippen LogP contribution is 2.25. The first-order valence-electron chi connectivity index (χ1n) is 8.22. The summed E-state index contributed by atoms with van der Waals surface area (Å²) >= 11 is 0. The Morgan fingerprint density at radius 1 is 0.962 bits per heavy atom. The van der Waals surface area contributed by atoms with E-state index in [-0.39, 0.29) is 11.7 Å². The molecule has 0 bridgehead atoms. The van der Waals surface area contributed by atoms with Crippen LogP contribution in [-0.2, 0) is 0 Å². The molecule has 2 heterocycles. The largest absolute Gasteiger partial charge is 0.355 e. The van der Waals surface area contributed by atoms with Gasteiger partial charge in [-0.3, -0.25) is 4.79 Å². The summed E-state index contributed by atoms with van der Waals surface area (Å²) in [6, 6.07) is 19.7. The number of fused-ring (bicyclic) bond motifs is 1. The Bertz CT molecular complexity index is 1100. The van der Waals surface area contributed by atoms with Gasteiger partial charge in [0.1, 0.15) is 5.82 Å². The molecule has 2 aromatic carbocycles. The zero-order chi connectivity index (χ0) is 18.1. The summed E-state index contributed by atoms with van der Waals surface area (Å²) in [6.07, 6.45) is 1.88. The lowest BCUT2D eigenvalue weighted by atomic mass is 10.0. The number of aromatic nitrogens is 2. The van der Waals surface area contributed by atoms with E-state index in [0.717, 1.165) is 27.9 Å². The molecular weight excluding hydrogens is 329 g/mol. The van der Waals surface area contributed by atoms with E-state index in [2.05, 4.69) is 10.4 Å². The molecule has 0 saturated heterocycles. The van der Waals surface area contributed by atoms with Crippen LogP contribution in [0.3, 0.4) is 0 Å². The fourth-order valence-electron chi connectivity index (χ4n) is 2.92. The van der Waals surface area contributed by atoms with Gasteiger partial charge in [-0.15, -0.1) is 0 Å². The summed E-state index contributed by atoms with van der Waals surface area (Å²) in [5.74, 6) is -0.383. The summed E-state index contributed by atoms with van der Waals surface area (Å²) in [5, 5.41) is 7.17. The van der Waals surface area contributed by atoms with E-state index in [4.69, 9.17) is 0 Å². The van der Waals surface area contributed by atoms with Gasteiger partial charge in [0.05, 0.1) is 11.2 Å². The number of pyridine rings is 1. The predicted molar refractivity (Wildman–Crippen MR) is 99.4 cm³/mol. The van der Waals surface area contributed by atoms with E-state index in [0.29, 0.717) is 5.56 Å². The summed E-state index contributed by atoms with van der Waals surface area (Å²) < 4.78 is 14.9. The second-order valence-electron chi connectivity index (χ2n) is 5.98. The van der Waals surface area contributed by atoms with Gasteiger partial charge in [0.25, 0.3) is 5.91 Å². The average Bonchev–Trinajstić information content (AvgIpc) is 3.11. The molecule has 0 aliphatic carbocycles. The van der Waals surface area contributed by atoms with Gasteiger partial charge in [-0.05, 0) is 65.7 Å². The van der Waals surface area contributed by atoms with Crippen LogP contribution in [0, 0.1) is 5.82 Å². The first kappa shape index (κ1) is 16.0. The fourth-order valence-corrected chi connectivity index (χ4v) is 2.92. The Balaban J connectivity index is 1.74. The van der Waals surface area contributed by atoms with Crippen LogP contribution in [0.2, 0.25) is 0 Å². The smallest absolute Gasteiger partial charge is 0.251 e. The van der Waals surface area contributed by atoms with Gasteiger partial charge in [0, 0.05) is 24.4 Å². The lowest BCUT2D eigenvalue weighted by molar-refractivity contribution is 0.0963. The van der Waals surface area contributed by atoms with Gasteiger partial charge in [-0.1, -0.05) is 12.1 Å². The maximum atomic E-state index is 13.1. The maximum absolute atomic E-state index is 13.1. The number of carbonyl (C=O) groups is 1. The van der Waals surface area contributed by atoms with Crippen molar-refractivity contribution in [3.05, 3.63) is 84.3 Å². The molecule has 4 nitrogen and oxygen atoms in total. The number of nitrogens with zero attached hydrogens (tertiary/aromatic N) is 2. The van der Waals surface area contributed by atoms with Crippen molar-refractivity contribution in [2.75, 3.05) is 7.05 Å². The van der Waals surface area contributed by atoms with Crippen molar-refractivity contribution < 1.29 is 9.18 Å². The monoisotopic (exact) mass is 345 g/mol. The van der Waals surface area contributed by atoms with Crippen molar-refractivity contribution in [1.82, 2.24) is 14.9 Å². The van der Waals surface area contributed by atoms with Crippen LogP contribution in [0.15, 0.2) is 72.9 Å². The molecule has 0 radical (unpaired) electrons. The number of carbonyl (C=O) groups excluding carboxylic acids is 1. The van der Waals surface area contributed by atoms with Crippen LogP contribution in [0.4, 0.5) is 4.39 Å². The molecule has 26 heavy (non-hydrogen) atoms. The third-order valence-corrected chi connectivity index (χ3v) is 4.29. The molecule has 0 aliphatic heterocycles. The van der Waals surface area contributed by atoms with Gasteiger partial charge in [0.15, 0.2) is 0 Å². The molecule has 1 N–H and O–H groups in total. The maximum Gasteiger partial charge on any atom is 0.251 e. The Morgan fingerprint density at radius 3 is 2.50 bits per heavy atom. The lowest BCUT2D eigenvalue weighted by Crippen LogP contribution is -2.17. The quantitative estimate of drug-likeness (QED) is 0.606. The van der Waals surface area contributed by atoms with E-state index < -0.39 is 0 Å². The molecule has 0 aliphatic rings. The summed E-state index contributed by atoms with van der Waals surface area (Å²) in [5.41, 5.74) is 5.13. The van der Waals surface area contributed by atoms with E-state index in [9.17, 15) is 9.18 Å². The van der Waals surface area contributed by atoms with E-state index in [1.807, 2.05) is 42.6 Å². The Kier molecular flexibility index (Phi) is 3.97. The van der Waals surface area contributed by atoms with Crippen LogP contribution in [-0.4, -0.2) is 22.6 Å². The summed E-state index contributed by atoms with van der Waals surface area (Å²) in [4.78, 5) is 11.8. The molecule has 128 valence electrons. The number of hydrogen-bond acceptors (Lipinski definition) is 2. The molecule has 5 heteroatoms. The Morgan fingerprint density at radius 2 is 1.73 bits per heavy atom. The van der Waals surface area contributed by atoms with Crippen molar-refractivity contribution in [3.63, 3.8) is 0 Å². The molecule has 0 spiro atoms. The molecule has 2 aromatic heterocycles. The van der Waals surface area contributed by atoms with Crippen molar-refractivity contribution in [1.29, 1.82) is 0 Å². The predicted octanol–water partition coefficient (Wildman–Crippen LogP) is 4.17. The minimum Gasteiger partial charge on any atom is -0.355 e. The Hall–Kier alpha value is -3.47. The van der Waals surface area contributed by atoms with E-state index >= 15 is 0 Å². The third-order valence-electron chi connectivity index (χ3n) is 4.29. The second-order valence-corrected chi connectivity index (χ2v) is 5.98. The lowest BCUT2D eigenvalue weighted by Gasteiger charge is -2.05. The van der Waals surface area contributed by atoms with Gasteiger partial charge in [0.2, 0.25) is 0 Å². The number of halogens is 1. The molecule has 4 rings (SSSR count). The number of amides is 1. The highest BCUT2D eigenvalue weighted by molar-refractivity contribution is 5.95. The van der Waals surface area contributed by atoms with Crippen LogP contribution >= 0.6 is 0 Å². The van der Waals surface area contributed by atoms with Crippen molar-refractivity contribution in [2.45, 2.75) is 0 Å². The molecule has 4 aromatic rings. The van der Waals surface area contributed by atoms with Gasteiger partial charge in [-0.2, -0.15) is 5.10 Å². The summed E-state index contributed by atoms with van der Waals surface area (Å²) in [7, 11) is 1.62. The first-order valence-corrected chi connectivity index (χ1v) is 8.22. The standard InChI is InChI=1S/C21H16FN3O/c1-23-21(26)17-4-2-3-15(11-17)16-9-10-25-19(12-16)13-20(24-25)14-5-7-18(22)8-6-14/h2-13H,1H3,(H,23,26). The van der Waals surface area contributed by atoms with E-state index in [1.165, 1.54) is 12.1 Å².